The van der Waals surface area contributed by atoms with E-state index in [-0.39, 0.29) is 23.3 Å². The van der Waals surface area contributed by atoms with Crippen molar-refractivity contribution < 1.29 is 13.6 Å². The molecule has 0 N–H and O–H groups in total. The van der Waals surface area contributed by atoms with Crippen molar-refractivity contribution in [3.63, 3.8) is 0 Å². The van der Waals surface area contributed by atoms with Gasteiger partial charge in [-0.15, -0.1) is 11.8 Å². The van der Waals surface area contributed by atoms with Crippen molar-refractivity contribution in [2.75, 3.05) is 12.8 Å². The molecule has 1 amide bonds. The fraction of sp³-hybridized carbons (Fsp3) is 0.188. The first-order valence-electron chi connectivity index (χ1n) is 6.42. The van der Waals surface area contributed by atoms with Crippen LogP contribution in [-0.4, -0.2) is 23.6 Å². The Kier molecular flexibility index (Phi) is 5.33. The highest BCUT2D eigenvalue weighted by molar-refractivity contribution is 8.00. The number of hydrogen-bond donors (Lipinski definition) is 0. The molecule has 21 heavy (non-hydrogen) atoms. The van der Waals surface area contributed by atoms with E-state index in [0.29, 0.717) is 11.4 Å². The minimum absolute atomic E-state index is 0.104. The van der Waals surface area contributed by atoms with Gasteiger partial charge in [-0.3, -0.25) is 4.79 Å². The SMILES string of the molecule is CN(Cc1ccc(F)cc1)C(=O)CSc1ccccc1F. The van der Waals surface area contributed by atoms with E-state index < -0.39 is 0 Å². The predicted molar refractivity (Wildman–Crippen MR) is 80.0 cm³/mol. The average molecular weight is 307 g/mol. The van der Waals surface area contributed by atoms with E-state index in [9.17, 15) is 13.6 Å². The summed E-state index contributed by atoms with van der Waals surface area (Å²) in [5, 5.41) is 0. The highest BCUT2D eigenvalue weighted by atomic mass is 32.2. The van der Waals surface area contributed by atoms with Gasteiger partial charge in [-0.05, 0) is 29.8 Å². The summed E-state index contributed by atoms with van der Waals surface area (Å²) in [7, 11) is 1.67. The van der Waals surface area contributed by atoms with Gasteiger partial charge in [-0.25, -0.2) is 8.78 Å². The zero-order valence-corrected chi connectivity index (χ0v) is 12.4. The first-order valence-corrected chi connectivity index (χ1v) is 7.40. The van der Waals surface area contributed by atoms with Crippen LogP contribution in [0, 0.1) is 11.6 Å². The van der Waals surface area contributed by atoms with Gasteiger partial charge in [0.15, 0.2) is 0 Å². The Bertz CT molecular complexity index is 616. The van der Waals surface area contributed by atoms with Crippen LogP contribution in [0.5, 0.6) is 0 Å². The number of thioether (sulfide) groups is 1. The smallest absolute Gasteiger partial charge is 0.232 e. The largest absolute Gasteiger partial charge is 0.341 e. The van der Waals surface area contributed by atoms with Crippen LogP contribution in [0.3, 0.4) is 0 Å². The van der Waals surface area contributed by atoms with Crippen LogP contribution < -0.4 is 0 Å². The zero-order chi connectivity index (χ0) is 15.2. The van der Waals surface area contributed by atoms with E-state index in [1.807, 2.05) is 0 Å². The first kappa shape index (κ1) is 15.5. The molecule has 0 saturated carbocycles. The van der Waals surface area contributed by atoms with Gasteiger partial charge in [0.25, 0.3) is 0 Å². The summed E-state index contributed by atoms with van der Waals surface area (Å²) in [6.07, 6.45) is 0. The Morgan fingerprint density at radius 1 is 1.10 bits per heavy atom. The second-order valence-electron chi connectivity index (χ2n) is 4.60. The van der Waals surface area contributed by atoms with Crippen molar-refractivity contribution in [3.05, 3.63) is 65.7 Å². The number of hydrogen-bond acceptors (Lipinski definition) is 2. The van der Waals surface area contributed by atoms with Gasteiger partial charge in [0.05, 0.1) is 5.75 Å². The maximum absolute atomic E-state index is 13.4. The summed E-state index contributed by atoms with van der Waals surface area (Å²) >= 11 is 1.17. The molecule has 2 aromatic rings. The Balaban J connectivity index is 1.88. The van der Waals surface area contributed by atoms with Crippen LogP contribution in [0.25, 0.3) is 0 Å². The van der Waals surface area contributed by atoms with Gasteiger partial charge in [0.2, 0.25) is 5.91 Å². The lowest BCUT2D eigenvalue weighted by atomic mass is 10.2. The fourth-order valence-corrected chi connectivity index (χ4v) is 2.64. The molecule has 0 atom stereocenters. The molecule has 0 radical (unpaired) electrons. The van der Waals surface area contributed by atoms with Crippen LogP contribution in [0.4, 0.5) is 8.78 Å². The molecule has 0 aliphatic rings. The van der Waals surface area contributed by atoms with E-state index >= 15 is 0 Å². The van der Waals surface area contributed by atoms with Gasteiger partial charge in [-0.1, -0.05) is 24.3 Å². The predicted octanol–water partition coefficient (Wildman–Crippen LogP) is 3.72. The summed E-state index contributed by atoms with van der Waals surface area (Å²) < 4.78 is 26.3. The molecular formula is C16H15F2NOS. The number of benzene rings is 2. The monoisotopic (exact) mass is 307 g/mol. The average Bonchev–Trinajstić information content (AvgIpc) is 2.48. The van der Waals surface area contributed by atoms with Crippen LogP contribution in [0.2, 0.25) is 0 Å². The normalized spacial score (nSPS) is 10.4. The Morgan fingerprint density at radius 3 is 2.43 bits per heavy atom. The van der Waals surface area contributed by atoms with Crippen molar-refractivity contribution in [1.82, 2.24) is 4.90 Å². The lowest BCUT2D eigenvalue weighted by Crippen LogP contribution is -2.27. The third-order valence-corrected chi connectivity index (χ3v) is 3.98. The van der Waals surface area contributed by atoms with Gasteiger partial charge >= 0.3 is 0 Å². The molecule has 0 aromatic heterocycles. The maximum Gasteiger partial charge on any atom is 0.232 e. The molecule has 110 valence electrons. The minimum Gasteiger partial charge on any atom is -0.341 e. The molecule has 5 heteroatoms. The summed E-state index contributed by atoms with van der Waals surface area (Å²) in [6, 6.07) is 12.4. The number of nitrogens with zero attached hydrogens (tertiary/aromatic N) is 1. The highest BCUT2D eigenvalue weighted by Crippen LogP contribution is 2.21. The van der Waals surface area contributed by atoms with Crippen molar-refractivity contribution >= 4 is 17.7 Å². The topological polar surface area (TPSA) is 20.3 Å². The number of amides is 1. The Morgan fingerprint density at radius 2 is 1.76 bits per heavy atom. The molecule has 0 fully saturated rings. The minimum atomic E-state index is -0.323. The summed E-state index contributed by atoms with van der Waals surface area (Å²) in [6.45, 7) is 0.400. The number of halogens is 2. The standard InChI is InChI=1S/C16H15F2NOS/c1-19(10-12-6-8-13(17)9-7-12)16(20)11-21-15-5-3-2-4-14(15)18/h2-9H,10-11H2,1H3. The maximum atomic E-state index is 13.4. The molecule has 2 nitrogen and oxygen atoms in total. The van der Waals surface area contributed by atoms with Crippen LogP contribution >= 0.6 is 11.8 Å². The van der Waals surface area contributed by atoms with Crippen LogP contribution in [0.1, 0.15) is 5.56 Å². The lowest BCUT2D eigenvalue weighted by Gasteiger charge is -2.17. The molecule has 0 aliphatic carbocycles. The van der Waals surface area contributed by atoms with Crippen LogP contribution in [-0.2, 0) is 11.3 Å². The van der Waals surface area contributed by atoms with Gasteiger partial charge in [0.1, 0.15) is 11.6 Å². The Labute approximate surface area is 126 Å². The molecule has 0 saturated heterocycles. The Hall–Kier alpha value is -1.88. The molecule has 0 spiro atoms. The number of carbonyl (C=O) groups excluding carboxylic acids is 1. The third-order valence-electron chi connectivity index (χ3n) is 2.95. The number of carbonyl (C=O) groups is 1. The first-order chi connectivity index (χ1) is 10.1. The van der Waals surface area contributed by atoms with E-state index in [1.165, 1.54) is 30.0 Å². The third kappa shape index (κ3) is 4.56. The van der Waals surface area contributed by atoms with Crippen molar-refractivity contribution in [2.24, 2.45) is 0 Å². The molecular weight excluding hydrogens is 292 g/mol. The van der Waals surface area contributed by atoms with Crippen molar-refractivity contribution in [2.45, 2.75) is 11.4 Å². The summed E-state index contributed by atoms with van der Waals surface area (Å²) in [5.41, 5.74) is 0.850. The lowest BCUT2D eigenvalue weighted by molar-refractivity contribution is -0.127. The van der Waals surface area contributed by atoms with E-state index in [2.05, 4.69) is 0 Å². The van der Waals surface area contributed by atoms with Gasteiger partial charge in [0, 0.05) is 18.5 Å². The van der Waals surface area contributed by atoms with E-state index in [4.69, 9.17) is 0 Å². The zero-order valence-electron chi connectivity index (χ0n) is 11.6. The van der Waals surface area contributed by atoms with Crippen molar-refractivity contribution in [3.8, 4) is 0 Å². The molecule has 0 unspecified atom stereocenters. The fourth-order valence-electron chi connectivity index (χ4n) is 1.76. The van der Waals surface area contributed by atoms with Gasteiger partial charge < -0.3 is 4.90 Å². The van der Waals surface area contributed by atoms with Gasteiger partial charge in [-0.2, -0.15) is 0 Å². The summed E-state index contributed by atoms with van der Waals surface area (Å²) in [4.78, 5) is 14.0. The number of rotatable bonds is 5. The molecule has 2 rings (SSSR count). The van der Waals surface area contributed by atoms with E-state index in [1.54, 1.807) is 42.3 Å². The van der Waals surface area contributed by atoms with E-state index in [0.717, 1.165) is 5.56 Å². The van der Waals surface area contributed by atoms with Crippen LogP contribution in [0.15, 0.2) is 53.4 Å². The molecule has 0 aliphatic heterocycles. The quantitative estimate of drug-likeness (QED) is 0.785. The highest BCUT2D eigenvalue weighted by Gasteiger charge is 2.11. The summed E-state index contributed by atoms with van der Waals surface area (Å²) in [5.74, 6) is -0.564. The molecule has 2 aromatic carbocycles. The molecule has 0 heterocycles. The second kappa shape index (κ2) is 7.22. The van der Waals surface area contributed by atoms with Crippen molar-refractivity contribution in [1.29, 1.82) is 0 Å². The second-order valence-corrected chi connectivity index (χ2v) is 5.61. The molecule has 0 bridgehead atoms.